The molecule has 2 aliphatic heterocycles. The van der Waals surface area contributed by atoms with Gasteiger partial charge >= 0.3 is 5.97 Å². The molecule has 4 aromatic carbocycles. The van der Waals surface area contributed by atoms with Crippen LogP contribution in [0.15, 0.2) is 107 Å². The molecule has 0 amide bonds. The van der Waals surface area contributed by atoms with Gasteiger partial charge in [0.15, 0.2) is 0 Å². The fraction of sp³-hybridized carbons (Fsp3) is 0.341. The molecule has 7 heteroatoms. The van der Waals surface area contributed by atoms with Crippen LogP contribution in [0.4, 0.5) is 17.1 Å². The number of rotatable bonds is 13. The standard InChI is InChI=1S/C41H45N3O4/c1-5-6-7-8-9-10-13-28-46-34-21-23-35(24-22-34)47-39(45)30-16-18-32(19-17-30)42-43-33-20-25-38-31(29-33)26-27-41(48-38)40(2,3)36-14-11-12-15-37(36)44(41)4/h11-12,14-27,29H,5-10,13,28H2,1-4H3. The lowest BCUT2D eigenvalue weighted by Crippen LogP contribution is -2.58. The Labute approximate surface area is 284 Å². The number of carbonyl (C=O) groups excluding carboxylic acids is 1. The van der Waals surface area contributed by atoms with Gasteiger partial charge < -0.3 is 19.1 Å². The van der Waals surface area contributed by atoms with Crippen molar-refractivity contribution in [2.75, 3.05) is 18.6 Å². The highest BCUT2D eigenvalue weighted by Crippen LogP contribution is 2.54. The van der Waals surface area contributed by atoms with Gasteiger partial charge in [0.1, 0.15) is 17.2 Å². The van der Waals surface area contributed by atoms with E-state index in [1.165, 1.54) is 49.8 Å². The molecule has 2 aliphatic rings. The van der Waals surface area contributed by atoms with Gasteiger partial charge in [-0.25, -0.2) is 4.79 Å². The van der Waals surface area contributed by atoms with Gasteiger partial charge in [-0.3, -0.25) is 0 Å². The van der Waals surface area contributed by atoms with Crippen LogP contribution in [-0.4, -0.2) is 25.3 Å². The first kappa shape index (κ1) is 33.0. The number of ether oxygens (including phenoxy) is 3. The Hall–Kier alpha value is -4.91. The Balaban J connectivity index is 1.01. The molecule has 0 aromatic heterocycles. The van der Waals surface area contributed by atoms with Gasteiger partial charge in [-0.15, -0.1) is 0 Å². The molecule has 0 N–H and O–H groups in total. The largest absolute Gasteiger partial charge is 0.494 e. The maximum absolute atomic E-state index is 12.8. The fourth-order valence-corrected chi connectivity index (χ4v) is 6.63. The smallest absolute Gasteiger partial charge is 0.343 e. The predicted molar refractivity (Wildman–Crippen MR) is 192 cm³/mol. The third kappa shape index (κ3) is 6.86. The van der Waals surface area contributed by atoms with Crippen LogP contribution in [0.2, 0.25) is 0 Å². The molecule has 1 atom stereocenters. The second-order valence-corrected chi connectivity index (χ2v) is 13.1. The number of unbranched alkanes of at least 4 members (excludes halogenated alkanes) is 6. The van der Waals surface area contributed by atoms with Crippen LogP contribution in [0.5, 0.6) is 17.2 Å². The third-order valence-corrected chi connectivity index (χ3v) is 9.52. The monoisotopic (exact) mass is 643 g/mol. The van der Waals surface area contributed by atoms with E-state index in [0.29, 0.717) is 29.3 Å². The Morgan fingerprint density at radius 3 is 2.21 bits per heavy atom. The number of fused-ring (bicyclic) bond motifs is 2. The van der Waals surface area contributed by atoms with Crippen molar-refractivity contribution >= 4 is 29.1 Å². The number of likely N-dealkylation sites (N-methyl/N-ethyl adjacent to an activating group) is 1. The SMILES string of the molecule is CCCCCCCCCOc1ccc(OC(=O)c2ccc(N=Nc3ccc4c(c3)C=CC3(O4)N(C)c4ccccc4C3(C)C)cc2)cc1. The van der Waals surface area contributed by atoms with Crippen molar-refractivity contribution in [2.45, 2.75) is 76.9 Å². The fourth-order valence-electron chi connectivity index (χ4n) is 6.63. The molecule has 0 saturated heterocycles. The Morgan fingerprint density at radius 2 is 1.46 bits per heavy atom. The first-order valence-corrected chi connectivity index (χ1v) is 17.1. The van der Waals surface area contributed by atoms with Crippen molar-refractivity contribution in [1.29, 1.82) is 0 Å². The normalized spacial score (nSPS) is 17.3. The van der Waals surface area contributed by atoms with Crippen LogP contribution < -0.4 is 19.1 Å². The zero-order valence-corrected chi connectivity index (χ0v) is 28.4. The van der Waals surface area contributed by atoms with Crippen molar-refractivity contribution in [3.8, 4) is 17.2 Å². The van der Waals surface area contributed by atoms with Gasteiger partial charge in [0, 0.05) is 18.3 Å². The van der Waals surface area contributed by atoms with E-state index in [2.05, 4.69) is 79.4 Å². The minimum absolute atomic E-state index is 0.254. The topological polar surface area (TPSA) is 72.7 Å². The van der Waals surface area contributed by atoms with Crippen LogP contribution in [0.1, 0.15) is 87.2 Å². The molecule has 0 bridgehead atoms. The number of hydrogen-bond donors (Lipinski definition) is 0. The lowest BCUT2D eigenvalue weighted by molar-refractivity contribution is 0.0582. The van der Waals surface area contributed by atoms with Gasteiger partial charge in [0.25, 0.3) is 0 Å². The summed E-state index contributed by atoms with van der Waals surface area (Å²) in [4.78, 5) is 15.0. The summed E-state index contributed by atoms with van der Waals surface area (Å²) < 4.78 is 18.2. The van der Waals surface area contributed by atoms with Gasteiger partial charge in [-0.2, -0.15) is 10.2 Å². The number of hydrogen-bond acceptors (Lipinski definition) is 7. The van der Waals surface area contributed by atoms with E-state index in [0.717, 1.165) is 23.5 Å². The average molecular weight is 644 g/mol. The highest BCUT2D eigenvalue weighted by Gasteiger charge is 2.57. The summed E-state index contributed by atoms with van der Waals surface area (Å²) in [5.74, 6) is 1.61. The van der Waals surface area contributed by atoms with Crippen LogP contribution >= 0.6 is 0 Å². The highest BCUT2D eigenvalue weighted by molar-refractivity contribution is 5.91. The molecule has 0 aliphatic carbocycles. The number of esters is 1. The molecule has 4 aromatic rings. The summed E-state index contributed by atoms with van der Waals surface area (Å²) in [5, 5.41) is 8.83. The van der Waals surface area contributed by atoms with Crippen LogP contribution in [0.3, 0.4) is 0 Å². The van der Waals surface area contributed by atoms with Gasteiger partial charge in [-0.05, 0) is 111 Å². The Morgan fingerprint density at radius 1 is 0.792 bits per heavy atom. The zero-order valence-electron chi connectivity index (χ0n) is 28.4. The van der Waals surface area contributed by atoms with Crippen molar-refractivity contribution in [3.05, 3.63) is 114 Å². The molecule has 7 nitrogen and oxygen atoms in total. The minimum Gasteiger partial charge on any atom is -0.494 e. The number of anilines is 1. The van der Waals surface area contributed by atoms with E-state index in [1.54, 1.807) is 36.4 Å². The number of nitrogens with zero attached hydrogens (tertiary/aromatic N) is 3. The molecule has 1 unspecified atom stereocenters. The quantitative estimate of drug-likeness (QED) is 0.0627. The Kier molecular flexibility index (Phi) is 9.95. The molecule has 2 heterocycles. The van der Waals surface area contributed by atoms with E-state index in [9.17, 15) is 4.79 Å². The molecule has 248 valence electrons. The average Bonchev–Trinajstić information content (AvgIpc) is 3.27. The van der Waals surface area contributed by atoms with Gasteiger partial charge in [-0.1, -0.05) is 63.6 Å². The Bertz CT molecular complexity index is 1780. The van der Waals surface area contributed by atoms with Crippen molar-refractivity contribution in [3.63, 3.8) is 0 Å². The predicted octanol–water partition coefficient (Wildman–Crippen LogP) is 11.0. The number of benzene rings is 4. The summed E-state index contributed by atoms with van der Waals surface area (Å²) in [7, 11) is 2.09. The molecule has 6 rings (SSSR count). The van der Waals surface area contributed by atoms with E-state index in [-0.39, 0.29) is 5.41 Å². The van der Waals surface area contributed by atoms with Crippen LogP contribution in [0.25, 0.3) is 6.08 Å². The number of para-hydroxylation sites is 1. The summed E-state index contributed by atoms with van der Waals surface area (Å²) in [6, 6.07) is 28.4. The first-order chi connectivity index (χ1) is 23.3. The van der Waals surface area contributed by atoms with Crippen LogP contribution in [-0.2, 0) is 5.41 Å². The highest BCUT2D eigenvalue weighted by atomic mass is 16.5. The zero-order chi connectivity index (χ0) is 33.6. The molecule has 1 spiro atoms. The minimum atomic E-state index is -0.625. The van der Waals surface area contributed by atoms with E-state index in [1.807, 2.05) is 30.3 Å². The van der Waals surface area contributed by atoms with E-state index < -0.39 is 11.7 Å². The first-order valence-electron chi connectivity index (χ1n) is 17.1. The number of carbonyl (C=O) groups is 1. The van der Waals surface area contributed by atoms with E-state index >= 15 is 0 Å². The third-order valence-electron chi connectivity index (χ3n) is 9.52. The maximum atomic E-state index is 12.8. The lowest BCUT2D eigenvalue weighted by Gasteiger charge is -2.45. The summed E-state index contributed by atoms with van der Waals surface area (Å²) in [6.07, 6.45) is 13.0. The molecule has 0 radical (unpaired) electrons. The summed E-state index contributed by atoms with van der Waals surface area (Å²) >= 11 is 0. The lowest BCUT2D eigenvalue weighted by atomic mass is 9.76. The van der Waals surface area contributed by atoms with Crippen molar-refractivity contribution in [2.24, 2.45) is 10.2 Å². The molecule has 0 fully saturated rings. The van der Waals surface area contributed by atoms with Crippen molar-refractivity contribution < 1.29 is 19.0 Å². The van der Waals surface area contributed by atoms with Crippen molar-refractivity contribution in [1.82, 2.24) is 0 Å². The molecular weight excluding hydrogens is 598 g/mol. The second-order valence-electron chi connectivity index (χ2n) is 13.1. The molecule has 0 saturated carbocycles. The summed E-state index contributed by atoms with van der Waals surface area (Å²) in [5.41, 5.74) is 4.27. The van der Waals surface area contributed by atoms with E-state index in [4.69, 9.17) is 14.2 Å². The van der Waals surface area contributed by atoms with Gasteiger partial charge in [0.2, 0.25) is 5.72 Å². The number of azo groups is 1. The second kappa shape index (κ2) is 14.5. The molecule has 48 heavy (non-hydrogen) atoms. The molecular formula is C41H45N3O4. The summed E-state index contributed by atoms with van der Waals surface area (Å²) in [6.45, 7) is 7.38. The maximum Gasteiger partial charge on any atom is 0.343 e. The van der Waals surface area contributed by atoms with Crippen LogP contribution in [0, 0.1) is 0 Å². The van der Waals surface area contributed by atoms with Gasteiger partial charge in [0.05, 0.1) is 29.0 Å².